The molecule has 0 amide bonds. The van der Waals surface area contributed by atoms with Crippen LogP contribution in [0.3, 0.4) is 0 Å². The van der Waals surface area contributed by atoms with Gasteiger partial charge in [-0.25, -0.2) is 14.8 Å². The van der Waals surface area contributed by atoms with E-state index in [1.54, 1.807) is 6.26 Å². The Balaban J connectivity index is 0.000000344. The Hall–Kier alpha value is -3.40. The Morgan fingerprint density at radius 2 is 1.79 bits per heavy atom. The Morgan fingerprint density at radius 1 is 1.09 bits per heavy atom. The number of benzene rings is 1. The van der Waals surface area contributed by atoms with Crippen molar-refractivity contribution in [1.29, 1.82) is 0 Å². The van der Waals surface area contributed by atoms with Crippen molar-refractivity contribution in [2.45, 2.75) is 24.6 Å². The molecule has 0 saturated carbocycles. The zero-order valence-corrected chi connectivity index (χ0v) is 18.4. The van der Waals surface area contributed by atoms with Gasteiger partial charge in [0, 0.05) is 49.9 Å². The van der Waals surface area contributed by atoms with Gasteiger partial charge in [0.1, 0.15) is 5.76 Å². The van der Waals surface area contributed by atoms with Gasteiger partial charge in [-0.15, -0.1) is 0 Å². The Morgan fingerprint density at radius 3 is 2.41 bits per heavy atom. The molecule has 3 aromatic rings. The summed E-state index contributed by atoms with van der Waals surface area (Å²) in [6, 6.07) is 17.0. The maximum absolute atomic E-state index is 10.6. The highest BCUT2D eigenvalue weighted by molar-refractivity contribution is 5.73. The molecule has 0 spiro atoms. The van der Waals surface area contributed by atoms with E-state index in [0.29, 0.717) is 5.92 Å². The largest absolute Gasteiger partial charge is 0.490 e. The minimum absolute atomic E-state index is 0.194. The molecule has 180 valence electrons. The summed E-state index contributed by atoms with van der Waals surface area (Å²) in [4.78, 5) is 22.7. The molecule has 34 heavy (non-hydrogen) atoms. The van der Waals surface area contributed by atoms with Crippen LogP contribution in [0.25, 0.3) is 0 Å². The average Bonchev–Trinajstić information content (AvgIpc) is 3.47. The van der Waals surface area contributed by atoms with Crippen molar-refractivity contribution in [2.24, 2.45) is 5.92 Å². The van der Waals surface area contributed by atoms with Crippen LogP contribution in [0.1, 0.15) is 17.7 Å². The fraction of sp³-hybridized carbons (Fsp3) is 0.375. The number of anilines is 1. The topological polar surface area (TPSA) is 82.7 Å². The Kier molecular flexibility index (Phi) is 6.87. The molecule has 2 unspecified atom stereocenters. The first-order chi connectivity index (χ1) is 16.3. The number of aromatic nitrogens is 2. The van der Waals surface area contributed by atoms with E-state index in [1.165, 1.54) is 5.56 Å². The van der Waals surface area contributed by atoms with Gasteiger partial charge in [-0.2, -0.15) is 13.2 Å². The van der Waals surface area contributed by atoms with E-state index in [1.807, 2.05) is 24.5 Å². The van der Waals surface area contributed by atoms with E-state index in [4.69, 9.17) is 14.3 Å². The van der Waals surface area contributed by atoms with Crippen molar-refractivity contribution in [3.63, 3.8) is 0 Å². The molecule has 1 aromatic carbocycles. The van der Waals surface area contributed by atoms with Crippen molar-refractivity contribution in [2.75, 3.05) is 31.1 Å². The predicted molar refractivity (Wildman–Crippen MR) is 118 cm³/mol. The van der Waals surface area contributed by atoms with Crippen LogP contribution in [0, 0.1) is 5.92 Å². The van der Waals surface area contributed by atoms with Crippen molar-refractivity contribution in [3.05, 3.63) is 78.5 Å². The minimum Gasteiger partial charge on any atom is -0.475 e. The summed E-state index contributed by atoms with van der Waals surface area (Å²) in [5.41, 5.74) is 1.66. The predicted octanol–water partition coefficient (Wildman–Crippen LogP) is 3.98. The molecule has 2 aliphatic rings. The van der Waals surface area contributed by atoms with Crippen molar-refractivity contribution in [3.8, 4) is 0 Å². The molecule has 2 atom stereocenters. The molecule has 1 N–H and O–H groups in total. The molecule has 10 heteroatoms. The van der Waals surface area contributed by atoms with Gasteiger partial charge in [0.25, 0.3) is 0 Å². The number of nitrogens with zero attached hydrogens (tertiary/aromatic N) is 4. The number of alkyl halides is 3. The smallest absolute Gasteiger partial charge is 0.475 e. The number of furan rings is 1. The van der Waals surface area contributed by atoms with Crippen LogP contribution >= 0.6 is 0 Å². The maximum atomic E-state index is 10.6. The monoisotopic (exact) mass is 474 g/mol. The van der Waals surface area contributed by atoms with Gasteiger partial charge in [-0.3, -0.25) is 4.90 Å². The second-order valence-electron chi connectivity index (χ2n) is 8.52. The number of rotatable bonds is 4. The molecule has 0 aliphatic carbocycles. The second kappa shape index (κ2) is 9.84. The molecular formula is C24H25F3N4O3. The fourth-order valence-electron chi connectivity index (χ4n) is 4.91. The Bertz CT molecular complexity index is 1060. The third kappa shape index (κ3) is 5.22. The zero-order chi connectivity index (χ0) is 24.2. The highest BCUT2D eigenvalue weighted by atomic mass is 19.4. The summed E-state index contributed by atoms with van der Waals surface area (Å²) < 4.78 is 37.3. The van der Waals surface area contributed by atoms with Gasteiger partial charge >= 0.3 is 12.1 Å². The number of carbonyl (C=O) groups is 1. The molecule has 2 fully saturated rings. The van der Waals surface area contributed by atoms with Crippen LogP contribution in [0.2, 0.25) is 0 Å². The summed E-state index contributed by atoms with van der Waals surface area (Å²) in [5.74, 6) is -0.316. The van der Waals surface area contributed by atoms with Gasteiger partial charge in [0.05, 0.1) is 12.8 Å². The molecule has 2 aromatic heterocycles. The zero-order valence-electron chi connectivity index (χ0n) is 18.4. The third-order valence-electron chi connectivity index (χ3n) is 6.42. The number of aliphatic carboxylic acids is 1. The number of piperidine rings is 1. The molecule has 0 radical (unpaired) electrons. The normalized spacial score (nSPS) is 22.6. The maximum Gasteiger partial charge on any atom is 0.490 e. The molecule has 2 aliphatic heterocycles. The van der Waals surface area contributed by atoms with Crippen LogP contribution in [-0.4, -0.2) is 58.3 Å². The highest BCUT2D eigenvalue weighted by Gasteiger charge is 2.50. The number of halogens is 3. The quantitative estimate of drug-likeness (QED) is 0.612. The first kappa shape index (κ1) is 23.7. The number of carboxylic acids is 1. The fourth-order valence-corrected chi connectivity index (χ4v) is 4.91. The van der Waals surface area contributed by atoms with Crippen molar-refractivity contribution in [1.82, 2.24) is 14.9 Å². The highest BCUT2D eigenvalue weighted by Crippen LogP contribution is 2.46. The molecule has 4 heterocycles. The van der Waals surface area contributed by atoms with Crippen LogP contribution in [0.5, 0.6) is 0 Å². The number of likely N-dealkylation sites (tertiary alicyclic amines) is 1. The van der Waals surface area contributed by atoms with E-state index in [0.717, 1.165) is 50.9 Å². The summed E-state index contributed by atoms with van der Waals surface area (Å²) in [5, 5.41) is 7.12. The second-order valence-corrected chi connectivity index (χ2v) is 8.52. The first-order valence-electron chi connectivity index (χ1n) is 10.9. The molecule has 7 nitrogen and oxygen atoms in total. The molecular weight excluding hydrogens is 449 g/mol. The van der Waals surface area contributed by atoms with E-state index in [-0.39, 0.29) is 5.41 Å². The van der Waals surface area contributed by atoms with Gasteiger partial charge in [-0.05, 0) is 30.2 Å². The molecule has 0 bridgehead atoms. The number of carboxylic acid groups (broad SMARTS) is 1. The standard InChI is InChI=1S/C22H24N4O.C2HF3O2/c1-2-6-18(7-3-1)22-9-12-26(21-23-10-5-11-24-21)15-19(22)14-25(17-22)16-20-8-4-13-27-20;3-2(4,5)1(6)7/h1-8,10-11,13,19H,9,12,14-17H2;(H,6,7). The molecule has 5 rings (SSSR count). The van der Waals surface area contributed by atoms with E-state index < -0.39 is 12.1 Å². The van der Waals surface area contributed by atoms with Crippen LogP contribution in [0.4, 0.5) is 19.1 Å². The van der Waals surface area contributed by atoms with Crippen molar-refractivity contribution < 1.29 is 27.5 Å². The van der Waals surface area contributed by atoms with Crippen LogP contribution in [0.15, 0.2) is 71.6 Å². The van der Waals surface area contributed by atoms with Gasteiger partial charge < -0.3 is 14.4 Å². The van der Waals surface area contributed by atoms with E-state index in [2.05, 4.69) is 56.2 Å². The Labute approximate surface area is 194 Å². The van der Waals surface area contributed by atoms with Gasteiger partial charge in [0.15, 0.2) is 0 Å². The summed E-state index contributed by atoms with van der Waals surface area (Å²) >= 11 is 0. The lowest BCUT2D eigenvalue weighted by atomic mass is 9.68. The minimum atomic E-state index is -5.08. The molecule has 2 saturated heterocycles. The van der Waals surface area contributed by atoms with Gasteiger partial charge in [-0.1, -0.05) is 30.3 Å². The first-order valence-corrected chi connectivity index (χ1v) is 10.9. The lowest BCUT2D eigenvalue weighted by Crippen LogP contribution is -2.50. The average molecular weight is 474 g/mol. The summed E-state index contributed by atoms with van der Waals surface area (Å²) in [7, 11) is 0. The summed E-state index contributed by atoms with van der Waals surface area (Å²) in [6.45, 7) is 5.00. The SMILES string of the molecule is O=C(O)C(F)(F)F.c1ccc(C23CCN(c4ncccn4)CC2CN(Cc2ccco2)C3)cc1. The third-order valence-corrected chi connectivity index (χ3v) is 6.42. The lowest BCUT2D eigenvalue weighted by molar-refractivity contribution is -0.192. The lowest BCUT2D eigenvalue weighted by Gasteiger charge is -2.44. The number of hydrogen-bond acceptors (Lipinski definition) is 6. The number of fused-ring (bicyclic) bond motifs is 1. The number of hydrogen-bond donors (Lipinski definition) is 1. The van der Waals surface area contributed by atoms with Crippen molar-refractivity contribution >= 4 is 11.9 Å². The van der Waals surface area contributed by atoms with Crippen LogP contribution < -0.4 is 4.90 Å². The van der Waals surface area contributed by atoms with Crippen LogP contribution in [-0.2, 0) is 16.8 Å². The van der Waals surface area contributed by atoms with E-state index in [9.17, 15) is 13.2 Å². The van der Waals surface area contributed by atoms with E-state index >= 15 is 0 Å². The van der Waals surface area contributed by atoms with Gasteiger partial charge in [0.2, 0.25) is 5.95 Å². The summed E-state index contributed by atoms with van der Waals surface area (Å²) in [6.07, 6.45) is 1.47.